The molecule has 0 radical (unpaired) electrons. The number of hydrogen-bond acceptors (Lipinski definition) is 7. The number of methoxy groups -OCH3 is 1. The number of ether oxygens (including phenoxy) is 1. The van der Waals surface area contributed by atoms with Crippen LogP contribution in [0.1, 0.15) is 27.9 Å². The Hall–Kier alpha value is -2.94. The molecular formula is C25H29ClN6OS. The number of benzene rings is 2. The summed E-state index contributed by atoms with van der Waals surface area (Å²) in [6.45, 7) is 6.55. The van der Waals surface area contributed by atoms with E-state index in [4.69, 9.17) is 4.74 Å². The van der Waals surface area contributed by atoms with Crippen molar-refractivity contribution in [2.24, 2.45) is 0 Å². The fourth-order valence-electron chi connectivity index (χ4n) is 4.37. The maximum absolute atomic E-state index is 5.31. The van der Waals surface area contributed by atoms with E-state index in [-0.39, 0.29) is 18.4 Å². The normalized spacial score (nSPS) is 15.1. The lowest BCUT2D eigenvalue weighted by Crippen LogP contribution is -2.48. The van der Waals surface area contributed by atoms with Gasteiger partial charge < -0.3 is 9.64 Å². The first kappa shape index (κ1) is 24.2. The summed E-state index contributed by atoms with van der Waals surface area (Å²) in [6, 6.07) is 21.3. The summed E-state index contributed by atoms with van der Waals surface area (Å²) in [4.78, 5) is 6.17. The van der Waals surface area contributed by atoms with E-state index in [1.54, 1.807) is 18.4 Å². The molecular weight excluding hydrogens is 468 g/mol. The van der Waals surface area contributed by atoms with Gasteiger partial charge in [-0.1, -0.05) is 35.9 Å². The van der Waals surface area contributed by atoms with Crippen molar-refractivity contribution >= 4 is 29.4 Å². The van der Waals surface area contributed by atoms with Crippen LogP contribution in [-0.4, -0.2) is 58.4 Å². The molecule has 0 bridgehead atoms. The molecule has 178 valence electrons. The topological polar surface area (TPSA) is 59.3 Å². The number of halogens is 1. The molecule has 9 heteroatoms. The van der Waals surface area contributed by atoms with Crippen LogP contribution in [0.2, 0.25) is 0 Å². The SMILES string of the molecule is COc1ccc(N2CCN(C(c3ccc(C)cc3)c3nnnn3Cc3cccs3)CC2)cc1.Cl. The van der Waals surface area contributed by atoms with Gasteiger partial charge in [0.1, 0.15) is 5.75 Å². The Labute approximate surface area is 210 Å². The third-order valence-electron chi connectivity index (χ3n) is 6.20. The molecule has 2 aromatic heterocycles. The third kappa shape index (κ3) is 5.24. The van der Waals surface area contributed by atoms with Crippen LogP contribution in [0.3, 0.4) is 0 Å². The largest absolute Gasteiger partial charge is 0.497 e. The van der Waals surface area contributed by atoms with E-state index in [0.29, 0.717) is 6.54 Å². The maximum atomic E-state index is 5.31. The van der Waals surface area contributed by atoms with Crippen molar-refractivity contribution in [2.75, 3.05) is 38.2 Å². The molecule has 1 saturated heterocycles. The van der Waals surface area contributed by atoms with Crippen LogP contribution in [0, 0.1) is 6.92 Å². The van der Waals surface area contributed by atoms with E-state index in [1.165, 1.54) is 21.7 Å². The number of rotatable bonds is 7. The van der Waals surface area contributed by atoms with E-state index in [9.17, 15) is 0 Å². The Morgan fingerprint density at radius 1 is 0.971 bits per heavy atom. The molecule has 7 nitrogen and oxygen atoms in total. The highest BCUT2D eigenvalue weighted by molar-refractivity contribution is 7.09. The van der Waals surface area contributed by atoms with Gasteiger partial charge in [0.2, 0.25) is 0 Å². The standard InChI is InChI=1S/C25H28N6OS.ClH/c1-19-5-7-20(8-6-19)24(25-26-27-28-31(25)18-23-4-3-17-33-23)30-15-13-29(14-16-30)21-9-11-22(32-2)12-10-21;/h3-12,17,24H,13-16,18H2,1-2H3;1H. The fraction of sp³-hybridized carbons (Fsp3) is 0.320. The van der Waals surface area contributed by atoms with Gasteiger partial charge in [-0.25, -0.2) is 4.68 Å². The molecule has 2 aromatic carbocycles. The monoisotopic (exact) mass is 496 g/mol. The summed E-state index contributed by atoms with van der Waals surface area (Å²) in [5.41, 5.74) is 3.70. The van der Waals surface area contributed by atoms with E-state index in [0.717, 1.165) is 37.8 Å². The van der Waals surface area contributed by atoms with Gasteiger partial charge in [0, 0.05) is 36.7 Å². The lowest BCUT2D eigenvalue weighted by atomic mass is 10.0. The van der Waals surface area contributed by atoms with Crippen molar-refractivity contribution < 1.29 is 4.74 Å². The third-order valence-corrected chi connectivity index (χ3v) is 7.06. The number of aryl methyl sites for hydroxylation is 1. The van der Waals surface area contributed by atoms with Crippen LogP contribution in [-0.2, 0) is 6.54 Å². The van der Waals surface area contributed by atoms with Crippen LogP contribution in [0.15, 0.2) is 66.0 Å². The number of piperazine rings is 1. The molecule has 0 aliphatic carbocycles. The first-order valence-electron chi connectivity index (χ1n) is 11.2. The van der Waals surface area contributed by atoms with E-state index >= 15 is 0 Å². The zero-order chi connectivity index (χ0) is 22.6. The van der Waals surface area contributed by atoms with Gasteiger partial charge in [0.15, 0.2) is 5.82 Å². The van der Waals surface area contributed by atoms with Gasteiger partial charge in [0.05, 0.1) is 19.7 Å². The Morgan fingerprint density at radius 3 is 2.35 bits per heavy atom. The summed E-state index contributed by atoms with van der Waals surface area (Å²) in [5, 5.41) is 15.0. The smallest absolute Gasteiger partial charge is 0.173 e. The quantitative estimate of drug-likeness (QED) is 0.377. The summed E-state index contributed by atoms with van der Waals surface area (Å²) < 4.78 is 7.26. The van der Waals surface area contributed by atoms with E-state index in [1.807, 2.05) is 16.8 Å². The van der Waals surface area contributed by atoms with Gasteiger partial charge in [-0.05, 0) is 58.6 Å². The number of tetrazole rings is 1. The summed E-state index contributed by atoms with van der Waals surface area (Å²) in [7, 11) is 1.70. The molecule has 0 N–H and O–H groups in total. The van der Waals surface area contributed by atoms with Crippen LogP contribution in [0.25, 0.3) is 0 Å². The van der Waals surface area contributed by atoms with Gasteiger partial charge >= 0.3 is 0 Å². The number of hydrogen-bond donors (Lipinski definition) is 0. The first-order valence-corrected chi connectivity index (χ1v) is 12.1. The summed E-state index contributed by atoms with van der Waals surface area (Å²) >= 11 is 1.73. The van der Waals surface area contributed by atoms with Crippen LogP contribution in [0.4, 0.5) is 5.69 Å². The molecule has 0 spiro atoms. The summed E-state index contributed by atoms with van der Waals surface area (Å²) in [6.07, 6.45) is 0. The molecule has 5 rings (SSSR count). The molecule has 1 atom stereocenters. The molecule has 3 heterocycles. The molecule has 4 aromatic rings. The van der Waals surface area contributed by atoms with E-state index in [2.05, 4.69) is 86.2 Å². The second-order valence-corrected chi connectivity index (χ2v) is 9.34. The van der Waals surface area contributed by atoms with Crippen LogP contribution >= 0.6 is 23.7 Å². The Morgan fingerprint density at radius 2 is 1.71 bits per heavy atom. The fourth-order valence-corrected chi connectivity index (χ4v) is 5.06. The molecule has 1 unspecified atom stereocenters. The Balaban J connectivity index is 0.00000274. The van der Waals surface area contributed by atoms with Gasteiger partial charge in [-0.2, -0.15) is 0 Å². The van der Waals surface area contributed by atoms with Crippen LogP contribution in [0.5, 0.6) is 5.75 Å². The zero-order valence-corrected chi connectivity index (χ0v) is 21.0. The minimum absolute atomic E-state index is 0. The molecule has 0 amide bonds. The minimum Gasteiger partial charge on any atom is -0.497 e. The van der Waals surface area contributed by atoms with E-state index < -0.39 is 0 Å². The summed E-state index contributed by atoms with van der Waals surface area (Å²) in [5.74, 6) is 1.78. The van der Waals surface area contributed by atoms with Crippen molar-refractivity contribution in [3.05, 3.63) is 87.9 Å². The number of thiophene rings is 1. The molecule has 1 fully saturated rings. The first-order chi connectivity index (χ1) is 16.2. The Bertz CT molecular complexity index is 1160. The number of nitrogens with zero attached hydrogens (tertiary/aromatic N) is 6. The highest BCUT2D eigenvalue weighted by atomic mass is 35.5. The highest BCUT2D eigenvalue weighted by Gasteiger charge is 2.30. The lowest BCUT2D eigenvalue weighted by Gasteiger charge is -2.40. The second-order valence-electron chi connectivity index (χ2n) is 8.31. The van der Waals surface area contributed by atoms with Gasteiger partial charge in [0.25, 0.3) is 0 Å². The van der Waals surface area contributed by atoms with Gasteiger partial charge in [-0.15, -0.1) is 28.8 Å². The minimum atomic E-state index is 0. The van der Waals surface area contributed by atoms with Crippen LogP contribution < -0.4 is 9.64 Å². The van der Waals surface area contributed by atoms with Crippen molar-refractivity contribution in [1.82, 2.24) is 25.1 Å². The zero-order valence-electron chi connectivity index (χ0n) is 19.4. The maximum Gasteiger partial charge on any atom is 0.173 e. The predicted molar refractivity (Wildman–Crippen MR) is 138 cm³/mol. The predicted octanol–water partition coefficient (Wildman–Crippen LogP) is 4.43. The number of aromatic nitrogens is 4. The molecule has 1 aliphatic rings. The highest BCUT2D eigenvalue weighted by Crippen LogP contribution is 2.30. The van der Waals surface area contributed by atoms with Gasteiger partial charge in [-0.3, -0.25) is 4.90 Å². The molecule has 0 saturated carbocycles. The van der Waals surface area contributed by atoms with Crippen molar-refractivity contribution in [3.8, 4) is 5.75 Å². The molecule has 1 aliphatic heterocycles. The Kier molecular flexibility index (Phi) is 7.82. The molecule has 34 heavy (non-hydrogen) atoms. The average Bonchev–Trinajstić information content (AvgIpc) is 3.54. The van der Waals surface area contributed by atoms with Crippen molar-refractivity contribution in [2.45, 2.75) is 19.5 Å². The number of anilines is 1. The van der Waals surface area contributed by atoms with Crippen molar-refractivity contribution in [3.63, 3.8) is 0 Å². The van der Waals surface area contributed by atoms with Crippen molar-refractivity contribution in [1.29, 1.82) is 0 Å². The lowest BCUT2D eigenvalue weighted by molar-refractivity contribution is 0.201. The average molecular weight is 497 g/mol. The second kappa shape index (κ2) is 11.0.